The predicted molar refractivity (Wildman–Crippen MR) is 149 cm³/mol. The maximum absolute atomic E-state index is 6.18. The monoisotopic (exact) mass is 560 g/mol. The summed E-state index contributed by atoms with van der Waals surface area (Å²) in [7, 11) is 0. The molecule has 0 spiro atoms. The molecule has 2 aromatic carbocycles. The normalized spacial score (nSPS) is 20.4. The summed E-state index contributed by atoms with van der Waals surface area (Å²) in [5.74, 6) is 1.30. The Hall–Kier alpha value is -2.06. The molecule has 1 saturated heterocycles. The Morgan fingerprint density at radius 2 is 1.76 bits per heavy atom. The number of guanidine groups is 1. The Morgan fingerprint density at radius 1 is 1.03 bits per heavy atom. The number of anilines is 1. The molecule has 2 N–H and O–H groups in total. The van der Waals surface area contributed by atoms with Gasteiger partial charge in [0.1, 0.15) is 0 Å². The van der Waals surface area contributed by atoms with Crippen molar-refractivity contribution in [1.29, 1.82) is 0 Å². The number of aryl methyl sites for hydroxylation is 1. The Labute approximate surface area is 215 Å². The second-order valence-electron chi connectivity index (χ2n) is 8.72. The van der Waals surface area contributed by atoms with Crippen LogP contribution in [0.3, 0.4) is 0 Å². The van der Waals surface area contributed by atoms with Crippen molar-refractivity contribution in [3.05, 3.63) is 77.4 Å². The van der Waals surface area contributed by atoms with Crippen LogP contribution in [-0.2, 0) is 11.3 Å². The predicted octanol–water partition coefficient (Wildman–Crippen LogP) is 5.21. The molecule has 2 atom stereocenters. The van der Waals surface area contributed by atoms with E-state index in [0.717, 1.165) is 51.6 Å². The van der Waals surface area contributed by atoms with Gasteiger partial charge in [-0.25, -0.2) is 4.99 Å². The molecular formula is C27H37IN4O. The largest absolute Gasteiger partial charge is 0.373 e. The van der Waals surface area contributed by atoms with E-state index in [1.807, 2.05) is 0 Å². The lowest BCUT2D eigenvalue weighted by Gasteiger charge is -2.32. The van der Waals surface area contributed by atoms with Crippen LogP contribution in [0.4, 0.5) is 5.69 Å². The van der Waals surface area contributed by atoms with Gasteiger partial charge in [-0.3, -0.25) is 0 Å². The van der Waals surface area contributed by atoms with E-state index < -0.39 is 0 Å². The van der Waals surface area contributed by atoms with Gasteiger partial charge >= 0.3 is 0 Å². The van der Waals surface area contributed by atoms with Crippen molar-refractivity contribution < 1.29 is 4.74 Å². The first-order valence-corrected chi connectivity index (χ1v) is 11.9. The summed E-state index contributed by atoms with van der Waals surface area (Å²) in [4.78, 5) is 7.19. The van der Waals surface area contributed by atoms with Gasteiger partial charge in [0.05, 0.1) is 12.6 Å². The highest BCUT2D eigenvalue weighted by atomic mass is 127. The van der Waals surface area contributed by atoms with Gasteiger partial charge in [0, 0.05) is 44.4 Å². The standard InChI is InChI=1S/C27H36N4O.HI/c1-3-28-27(29-19-22-10-14-25(15-11-22)31-16-4-5-17-31)30-20-24-7-6-18-32-26(24)23-12-8-21(2)9-13-23;/h4-5,8-15,24,26H,3,6-7,16-20H2,1-2H3,(H2,28,29,30);1H. The zero-order valence-electron chi connectivity index (χ0n) is 19.8. The van der Waals surface area contributed by atoms with Gasteiger partial charge in [-0.05, 0) is 49.9 Å². The number of nitrogens with zero attached hydrogens (tertiary/aromatic N) is 2. The molecule has 2 heterocycles. The summed E-state index contributed by atoms with van der Waals surface area (Å²) in [6, 6.07) is 17.5. The van der Waals surface area contributed by atoms with Crippen LogP contribution in [0, 0.1) is 12.8 Å². The molecule has 178 valence electrons. The van der Waals surface area contributed by atoms with E-state index in [2.05, 4.69) is 90.1 Å². The molecule has 4 rings (SSSR count). The summed E-state index contributed by atoms with van der Waals surface area (Å²) in [5.41, 5.74) is 5.05. The summed E-state index contributed by atoms with van der Waals surface area (Å²) >= 11 is 0. The quantitative estimate of drug-likeness (QED) is 0.211. The highest BCUT2D eigenvalue weighted by Crippen LogP contribution is 2.33. The molecule has 0 bridgehead atoms. The number of rotatable bonds is 7. The average Bonchev–Trinajstić information content (AvgIpc) is 3.37. The zero-order chi connectivity index (χ0) is 22.2. The molecule has 33 heavy (non-hydrogen) atoms. The van der Waals surface area contributed by atoms with Crippen LogP contribution in [0.1, 0.15) is 42.6 Å². The van der Waals surface area contributed by atoms with Crippen LogP contribution in [0.15, 0.2) is 65.7 Å². The van der Waals surface area contributed by atoms with E-state index in [9.17, 15) is 0 Å². The number of halogens is 1. The minimum absolute atomic E-state index is 0. The molecule has 6 heteroatoms. The molecule has 5 nitrogen and oxygen atoms in total. The molecule has 0 radical (unpaired) electrons. The Morgan fingerprint density at radius 3 is 2.45 bits per heavy atom. The lowest BCUT2D eigenvalue weighted by molar-refractivity contribution is -0.0265. The van der Waals surface area contributed by atoms with Gasteiger partial charge in [0.25, 0.3) is 0 Å². The average molecular weight is 561 g/mol. The minimum atomic E-state index is 0. The van der Waals surface area contributed by atoms with E-state index >= 15 is 0 Å². The van der Waals surface area contributed by atoms with E-state index in [1.165, 1.54) is 22.4 Å². The van der Waals surface area contributed by atoms with Gasteiger partial charge in [-0.1, -0.05) is 54.1 Å². The van der Waals surface area contributed by atoms with Crippen LogP contribution < -0.4 is 15.5 Å². The Bertz CT molecular complexity index is 903. The topological polar surface area (TPSA) is 48.9 Å². The molecule has 0 amide bonds. The fourth-order valence-electron chi connectivity index (χ4n) is 4.42. The van der Waals surface area contributed by atoms with Crippen LogP contribution in [0.5, 0.6) is 0 Å². The van der Waals surface area contributed by atoms with Gasteiger partial charge in [-0.15, -0.1) is 24.0 Å². The molecular weight excluding hydrogens is 523 g/mol. The minimum Gasteiger partial charge on any atom is -0.373 e. The lowest BCUT2D eigenvalue weighted by atomic mass is 9.89. The molecule has 2 aromatic rings. The highest BCUT2D eigenvalue weighted by molar-refractivity contribution is 14.0. The third-order valence-corrected chi connectivity index (χ3v) is 6.27. The summed E-state index contributed by atoms with van der Waals surface area (Å²) in [5, 5.41) is 6.96. The van der Waals surface area contributed by atoms with Crippen LogP contribution in [0.2, 0.25) is 0 Å². The van der Waals surface area contributed by atoms with Crippen molar-refractivity contribution in [2.45, 2.75) is 39.3 Å². The van der Waals surface area contributed by atoms with Crippen molar-refractivity contribution in [3.8, 4) is 0 Å². The van der Waals surface area contributed by atoms with E-state index in [0.29, 0.717) is 12.5 Å². The van der Waals surface area contributed by atoms with Crippen LogP contribution in [-0.4, -0.2) is 38.7 Å². The van der Waals surface area contributed by atoms with Crippen molar-refractivity contribution in [2.24, 2.45) is 10.9 Å². The highest BCUT2D eigenvalue weighted by Gasteiger charge is 2.27. The van der Waals surface area contributed by atoms with E-state index in [1.54, 1.807) is 0 Å². The second kappa shape index (κ2) is 13.0. The zero-order valence-corrected chi connectivity index (χ0v) is 22.1. The van der Waals surface area contributed by atoms with Crippen molar-refractivity contribution >= 4 is 35.6 Å². The smallest absolute Gasteiger partial charge is 0.191 e. The van der Waals surface area contributed by atoms with Crippen molar-refractivity contribution in [2.75, 3.05) is 37.7 Å². The Kier molecular flexibility index (Phi) is 10.1. The summed E-state index contributed by atoms with van der Waals surface area (Å²) < 4.78 is 6.18. The third kappa shape index (κ3) is 7.21. The first-order valence-electron chi connectivity index (χ1n) is 11.9. The second-order valence-corrected chi connectivity index (χ2v) is 8.72. The Balaban J connectivity index is 0.00000306. The van der Waals surface area contributed by atoms with Crippen LogP contribution in [0.25, 0.3) is 0 Å². The molecule has 0 aromatic heterocycles. The van der Waals surface area contributed by atoms with Gasteiger partial charge in [-0.2, -0.15) is 0 Å². The maximum atomic E-state index is 6.18. The van der Waals surface area contributed by atoms with E-state index in [-0.39, 0.29) is 30.1 Å². The number of hydrogen-bond acceptors (Lipinski definition) is 3. The first kappa shape index (κ1) is 25.6. The molecule has 1 fully saturated rings. The fourth-order valence-corrected chi connectivity index (χ4v) is 4.42. The van der Waals surface area contributed by atoms with Gasteiger partial charge in [0.15, 0.2) is 5.96 Å². The maximum Gasteiger partial charge on any atom is 0.191 e. The van der Waals surface area contributed by atoms with Crippen LogP contribution >= 0.6 is 24.0 Å². The SMILES string of the molecule is CCNC(=NCc1ccc(N2CC=CC2)cc1)NCC1CCCOC1c1ccc(C)cc1.I. The number of hydrogen-bond donors (Lipinski definition) is 2. The van der Waals surface area contributed by atoms with Gasteiger partial charge < -0.3 is 20.3 Å². The molecule has 2 unspecified atom stereocenters. The van der Waals surface area contributed by atoms with E-state index in [4.69, 9.17) is 9.73 Å². The summed E-state index contributed by atoms with van der Waals surface area (Å²) in [6.45, 7) is 9.43. The third-order valence-electron chi connectivity index (χ3n) is 6.27. The summed E-state index contributed by atoms with van der Waals surface area (Å²) in [6.07, 6.45) is 6.85. The first-order chi connectivity index (χ1) is 15.7. The number of benzene rings is 2. The number of nitrogens with one attached hydrogen (secondary N) is 2. The molecule has 2 aliphatic heterocycles. The van der Waals surface area contributed by atoms with Crippen molar-refractivity contribution in [3.63, 3.8) is 0 Å². The molecule has 0 saturated carbocycles. The molecule has 0 aliphatic carbocycles. The molecule has 2 aliphatic rings. The number of aliphatic imine (C=N–C) groups is 1. The van der Waals surface area contributed by atoms with Crippen molar-refractivity contribution in [1.82, 2.24) is 10.6 Å². The lowest BCUT2D eigenvalue weighted by Crippen LogP contribution is -2.42. The number of ether oxygens (including phenoxy) is 1. The van der Waals surface area contributed by atoms with Gasteiger partial charge in [0.2, 0.25) is 0 Å². The fraction of sp³-hybridized carbons (Fsp3) is 0.444.